The molecule has 0 aliphatic carbocycles. The van der Waals surface area contributed by atoms with Crippen LogP contribution in [0.1, 0.15) is 26.3 Å². The lowest BCUT2D eigenvalue weighted by Crippen LogP contribution is -2.14. The number of nitrogens with one attached hydrogen (secondary N) is 1. The SMILES string of the molecule is Cc1c(Cl)cccc1C(=O)Nc1cc(C(=O)O)ccc1Cl. The molecule has 0 radical (unpaired) electrons. The number of anilines is 1. The van der Waals surface area contributed by atoms with Crippen molar-refractivity contribution < 1.29 is 14.7 Å². The van der Waals surface area contributed by atoms with Gasteiger partial charge in [-0.05, 0) is 42.8 Å². The van der Waals surface area contributed by atoms with Crippen molar-refractivity contribution in [1.82, 2.24) is 0 Å². The van der Waals surface area contributed by atoms with Crippen LogP contribution in [-0.2, 0) is 0 Å². The van der Waals surface area contributed by atoms with Gasteiger partial charge in [0.15, 0.2) is 0 Å². The van der Waals surface area contributed by atoms with Gasteiger partial charge < -0.3 is 10.4 Å². The molecular formula is C15H11Cl2NO3. The predicted octanol–water partition coefficient (Wildman–Crippen LogP) is 4.25. The minimum Gasteiger partial charge on any atom is -0.478 e. The lowest BCUT2D eigenvalue weighted by molar-refractivity contribution is 0.0696. The van der Waals surface area contributed by atoms with Crippen LogP contribution in [0.3, 0.4) is 0 Å². The number of hydrogen-bond donors (Lipinski definition) is 2. The van der Waals surface area contributed by atoms with Gasteiger partial charge in [0.2, 0.25) is 0 Å². The second kappa shape index (κ2) is 6.16. The zero-order valence-electron chi connectivity index (χ0n) is 11.0. The molecule has 2 aromatic rings. The number of hydrogen-bond acceptors (Lipinski definition) is 2. The maximum Gasteiger partial charge on any atom is 0.335 e. The second-order valence-electron chi connectivity index (χ2n) is 4.37. The third-order valence-electron chi connectivity index (χ3n) is 2.97. The summed E-state index contributed by atoms with van der Waals surface area (Å²) in [5.74, 6) is -1.50. The number of rotatable bonds is 3. The maximum atomic E-state index is 12.2. The van der Waals surface area contributed by atoms with Crippen LogP contribution in [0.4, 0.5) is 5.69 Å². The molecule has 0 aromatic heterocycles. The summed E-state index contributed by atoms with van der Waals surface area (Å²) in [4.78, 5) is 23.2. The number of aromatic carboxylic acids is 1. The molecule has 0 aliphatic rings. The lowest BCUT2D eigenvalue weighted by Gasteiger charge is -2.10. The number of carbonyl (C=O) groups is 2. The quantitative estimate of drug-likeness (QED) is 0.887. The highest BCUT2D eigenvalue weighted by Crippen LogP contribution is 2.25. The van der Waals surface area contributed by atoms with Crippen LogP contribution in [-0.4, -0.2) is 17.0 Å². The van der Waals surface area contributed by atoms with Gasteiger partial charge in [0.1, 0.15) is 0 Å². The normalized spacial score (nSPS) is 10.2. The van der Waals surface area contributed by atoms with E-state index in [0.29, 0.717) is 16.1 Å². The number of halogens is 2. The van der Waals surface area contributed by atoms with Crippen molar-refractivity contribution in [2.45, 2.75) is 6.92 Å². The lowest BCUT2D eigenvalue weighted by atomic mass is 10.1. The van der Waals surface area contributed by atoms with Gasteiger partial charge in [-0.2, -0.15) is 0 Å². The van der Waals surface area contributed by atoms with E-state index in [4.69, 9.17) is 28.3 Å². The zero-order valence-corrected chi connectivity index (χ0v) is 12.5. The van der Waals surface area contributed by atoms with E-state index in [1.54, 1.807) is 25.1 Å². The first-order chi connectivity index (χ1) is 9.90. The zero-order chi connectivity index (χ0) is 15.6. The van der Waals surface area contributed by atoms with Gasteiger partial charge in [0, 0.05) is 10.6 Å². The maximum absolute atomic E-state index is 12.2. The molecule has 0 saturated carbocycles. The summed E-state index contributed by atoms with van der Waals surface area (Å²) >= 11 is 11.9. The van der Waals surface area contributed by atoms with Crippen LogP contribution in [0.15, 0.2) is 36.4 Å². The average molecular weight is 324 g/mol. The van der Waals surface area contributed by atoms with Crippen molar-refractivity contribution in [3.8, 4) is 0 Å². The number of amides is 1. The Morgan fingerprint density at radius 2 is 1.81 bits per heavy atom. The van der Waals surface area contributed by atoms with E-state index < -0.39 is 11.9 Å². The monoisotopic (exact) mass is 323 g/mol. The van der Waals surface area contributed by atoms with Gasteiger partial charge in [-0.3, -0.25) is 4.79 Å². The van der Waals surface area contributed by atoms with Crippen LogP contribution in [0.25, 0.3) is 0 Å². The minimum absolute atomic E-state index is 0.0394. The first kappa shape index (κ1) is 15.4. The average Bonchev–Trinajstić information content (AvgIpc) is 2.43. The first-order valence-corrected chi connectivity index (χ1v) is 6.75. The number of carboxylic acid groups (broad SMARTS) is 1. The van der Waals surface area contributed by atoms with Crippen molar-refractivity contribution in [3.63, 3.8) is 0 Å². The molecule has 0 fully saturated rings. The molecule has 0 saturated heterocycles. The highest BCUT2D eigenvalue weighted by atomic mass is 35.5. The Labute approximate surface area is 131 Å². The van der Waals surface area contributed by atoms with Crippen molar-refractivity contribution in [2.75, 3.05) is 5.32 Å². The first-order valence-electron chi connectivity index (χ1n) is 5.99. The summed E-state index contributed by atoms with van der Waals surface area (Å²) in [5, 5.41) is 12.3. The van der Waals surface area contributed by atoms with E-state index >= 15 is 0 Å². The fourth-order valence-corrected chi connectivity index (χ4v) is 2.14. The van der Waals surface area contributed by atoms with Crippen molar-refractivity contribution in [2.24, 2.45) is 0 Å². The molecule has 0 unspecified atom stereocenters. The van der Waals surface area contributed by atoms with Crippen molar-refractivity contribution in [3.05, 3.63) is 63.1 Å². The molecule has 0 bridgehead atoms. The molecule has 1 amide bonds. The molecule has 2 aromatic carbocycles. The Kier molecular flexibility index (Phi) is 4.50. The van der Waals surface area contributed by atoms with Crippen LogP contribution in [0.5, 0.6) is 0 Å². The Hall–Kier alpha value is -2.04. The molecule has 2 rings (SSSR count). The van der Waals surface area contributed by atoms with E-state index in [1.807, 2.05) is 0 Å². The van der Waals surface area contributed by atoms with Gasteiger partial charge in [-0.1, -0.05) is 29.3 Å². The summed E-state index contributed by atoms with van der Waals surface area (Å²) in [5.41, 5.74) is 1.32. The largest absolute Gasteiger partial charge is 0.478 e. The number of carbonyl (C=O) groups excluding carboxylic acids is 1. The summed E-state index contributed by atoms with van der Waals surface area (Å²) in [7, 11) is 0. The van der Waals surface area contributed by atoms with E-state index in [9.17, 15) is 9.59 Å². The number of carboxylic acids is 1. The van der Waals surface area contributed by atoms with Gasteiger partial charge >= 0.3 is 5.97 Å². The Morgan fingerprint density at radius 1 is 1.10 bits per heavy atom. The highest BCUT2D eigenvalue weighted by Gasteiger charge is 2.14. The van der Waals surface area contributed by atoms with Crippen LogP contribution in [0.2, 0.25) is 10.0 Å². The van der Waals surface area contributed by atoms with Crippen LogP contribution >= 0.6 is 23.2 Å². The van der Waals surface area contributed by atoms with Crippen molar-refractivity contribution >= 4 is 40.8 Å². The summed E-state index contributed by atoms with van der Waals surface area (Å²) < 4.78 is 0. The van der Waals surface area contributed by atoms with Crippen LogP contribution in [0, 0.1) is 6.92 Å². The standard InChI is InChI=1S/C15H11Cl2NO3/c1-8-10(3-2-4-11(8)16)14(19)18-13-7-9(15(20)21)5-6-12(13)17/h2-7H,1H3,(H,18,19)(H,20,21). The predicted molar refractivity (Wildman–Crippen MR) is 82.6 cm³/mol. The summed E-state index contributed by atoms with van der Waals surface area (Å²) in [6.07, 6.45) is 0. The number of benzene rings is 2. The summed E-state index contributed by atoms with van der Waals surface area (Å²) in [6, 6.07) is 9.08. The van der Waals surface area contributed by atoms with E-state index in [0.717, 1.165) is 0 Å². The highest BCUT2D eigenvalue weighted by molar-refractivity contribution is 6.34. The molecule has 2 N–H and O–H groups in total. The molecule has 21 heavy (non-hydrogen) atoms. The molecular weight excluding hydrogens is 313 g/mol. The van der Waals surface area contributed by atoms with Crippen molar-refractivity contribution in [1.29, 1.82) is 0 Å². The van der Waals surface area contributed by atoms with Gasteiger partial charge in [-0.15, -0.1) is 0 Å². The topological polar surface area (TPSA) is 66.4 Å². The summed E-state index contributed by atoms with van der Waals surface area (Å²) in [6.45, 7) is 1.73. The van der Waals surface area contributed by atoms with E-state index in [-0.39, 0.29) is 16.3 Å². The van der Waals surface area contributed by atoms with Gasteiger partial charge in [0.25, 0.3) is 5.91 Å². The van der Waals surface area contributed by atoms with Crippen LogP contribution < -0.4 is 5.32 Å². The molecule has 0 heterocycles. The fraction of sp³-hybridized carbons (Fsp3) is 0.0667. The van der Waals surface area contributed by atoms with E-state index in [2.05, 4.69) is 5.32 Å². The Morgan fingerprint density at radius 3 is 2.48 bits per heavy atom. The third kappa shape index (κ3) is 3.35. The third-order valence-corrected chi connectivity index (χ3v) is 3.71. The molecule has 0 spiro atoms. The Bertz CT molecular complexity index is 729. The van der Waals surface area contributed by atoms with Gasteiger partial charge in [-0.25, -0.2) is 4.79 Å². The molecule has 4 nitrogen and oxygen atoms in total. The second-order valence-corrected chi connectivity index (χ2v) is 5.18. The Balaban J connectivity index is 2.33. The minimum atomic E-state index is -1.10. The molecule has 0 atom stereocenters. The molecule has 0 aliphatic heterocycles. The van der Waals surface area contributed by atoms with Gasteiger partial charge in [0.05, 0.1) is 16.3 Å². The van der Waals surface area contributed by atoms with E-state index in [1.165, 1.54) is 18.2 Å². The molecule has 6 heteroatoms. The molecule has 108 valence electrons. The fourth-order valence-electron chi connectivity index (χ4n) is 1.80. The smallest absolute Gasteiger partial charge is 0.335 e.